The zero-order chi connectivity index (χ0) is 19.6. The van der Waals surface area contributed by atoms with Crippen LogP contribution in [-0.4, -0.2) is 49.7 Å². The highest BCUT2D eigenvalue weighted by atomic mass is 32.2. The van der Waals surface area contributed by atoms with Crippen molar-refractivity contribution in [2.24, 2.45) is 0 Å². The maximum absolute atomic E-state index is 12.9. The quantitative estimate of drug-likeness (QED) is 0.815. The number of sulfonamides is 1. The molecule has 1 saturated heterocycles. The predicted molar refractivity (Wildman–Crippen MR) is 102 cm³/mol. The monoisotopic (exact) mass is 383 g/mol. The minimum Gasteiger partial charge on any atom is -0.336 e. The number of hydrogen-bond acceptors (Lipinski definition) is 4. The molecule has 1 fully saturated rings. The first-order valence-corrected chi connectivity index (χ1v) is 10.1. The lowest BCUT2D eigenvalue weighted by Gasteiger charge is -2.34. The first-order chi connectivity index (χ1) is 12.9. The molecule has 1 aliphatic heterocycles. The zero-order valence-electron chi connectivity index (χ0n) is 15.3. The van der Waals surface area contributed by atoms with Crippen LogP contribution in [0.2, 0.25) is 0 Å². The Morgan fingerprint density at radius 2 is 1.67 bits per heavy atom. The minimum absolute atomic E-state index is 0.0156. The Bertz CT molecular complexity index is 1020. The van der Waals surface area contributed by atoms with Crippen molar-refractivity contribution in [1.29, 1.82) is 5.26 Å². The van der Waals surface area contributed by atoms with E-state index in [2.05, 4.69) is 0 Å². The van der Waals surface area contributed by atoms with Gasteiger partial charge in [0.2, 0.25) is 10.0 Å². The number of hydrogen-bond donors (Lipinski definition) is 0. The lowest BCUT2D eigenvalue weighted by molar-refractivity contribution is 0.0697. The maximum atomic E-state index is 12.9. The molecule has 2 aromatic carbocycles. The topological polar surface area (TPSA) is 81.5 Å². The van der Waals surface area contributed by atoms with Crippen LogP contribution in [0.3, 0.4) is 0 Å². The fourth-order valence-electron chi connectivity index (χ4n) is 3.21. The molecule has 27 heavy (non-hydrogen) atoms. The molecule has 1 aliphatic rings. The summed E-state index contributed by atoms with van der Waals surface area (Å²) in [5.74, 6) is -0.0781. The van der Waals surface area contributed by atoms with Gasteiger partial charge in [-0.15, -0.1) is 0 Å². The summed E-state index contributed by atoms with van der Waals surface area (Å²) in [6.07, 6.45) is 0. The van der Waals surface area contributed by atoms with Gasteiger partial charge in [-0.3, -0.25) is 4.79 Å². The van der Waals surface area contributed by atoms with E-state index in [1.54, 1.807) is 23.1 Å². The van der Waals surface area contributed by atoms with Crippen LogP contribution in [-0.2, 0) is 10.0 Å². The fourth-order valence-corrected chi connectivity index (χ4v) is 4.77. The van der Waals surface area contributed by atoms with Crippen molar-refractivity contribution in [3.05, 3.63) is 64.7 Å². The van der Waals surface area contributed by atoms with E-state index in [4.69, 9.17) is 0 Å². The zero-order valence-corrected chi connectivity index (χ0v) is 16.2. The van der Waals surface area contributed by atoms with Crippen molar-refractivity contribution in [1.82, 2.24) is 9.21 Å². The summed E-state index contributed by atoms with van der Waals surface area (Å²) in [5.41, 5.74) is 2.78. The molecule has 7 heteroatoms. The van der Waals surface area contributed by atoms with E-state index in [1.807, 2.05) is 32.0 Å². The maximum Gasteiger partial charge on any atom is 0.254 e. The van der Waals surface area contributed by atoms with Crippen LogP contribution in [0.5, 0.6) is 0 Å². The van der Waals surface area contributed by atoms with Gasteiger partial charge in [0.1, 0.15) is 6.07 Å². The molecule has 0 unspecified atom stereocenters. The van der Waals surface area contributed by atoms with Gasteiger partial charge in [0.15, 0.2) is 0 Å². The van der Waals surface area contributed by atoms with Gasteiger partial charge >= 0.3 is 0 Å². The molecule has 0 radical (unpaired) electrons. The molecular formula is C20H21N3O3S. The van der Waals surface area contributed by atoms with Crippen molar-refractivity contribution < 1.29 is 13.2 Å². The van der Waals surface area contributed by atoms with Gasteiger partial charge in [0, 0.05) is 31.7 Å². The van der Waals surface area contributed by atoms with Gasteiger partial charge in [-0.25, -0.2) is 8.42 Å². The molecule has 6 nitrogen and oxygen atoms in total. The van der Waals surface area contributed by atoms with Gasteiger partial charge in [-0.1, -0.05) is 24.3 Å². The van der Waals surface area contributed by atoms with Crippen molar-refractivity contribution in [3.63, 3.8) is 0 Å². The van der Waals surface area contributed by atoms with Crippen LogP contribution >= 0.6 is 0 Å². The van der Waals surface area contributed by atoms with Crippen LogP contribution in [0.15, 0.2) is 47.4 Å². The Morgan fingerprint density at radius 3 is 2.33 bits per heavy atom. The second kappa shape index (κ2) is 7.51. The van der Waals surface area contributed by atoms with Crippen LogP contribution in [0.25, 0.3) is 0 Å². The first-order valence-electron chi connectivity index (χ1n) is 8.71. The first kappa shape index (κ1) is 19.1. The number of carbonyl (C=O) groups is 1. The fraction of sp³-hybridized carbons (Fsp3) is 0.300. The molecule has 0 aromatic heterocycles. The lowest BCUT2D eigenvalue weighted by atomic mass is 10.0. The summed E-state index contributed by atoms with van der Waals surface area (Å²) >= 11 is 0. The van der Waals surface area contributed by atoms with Crippen molar-refractivity contribution >= 4 is 15.9 Å². The number of nitrogens with zero attached hydrogens (tertiary/aromatic N) is 3. The Hall–Kier alpha value is -2.69. The number of rotatable bonds is 3. The van der Waals surface area contributed by atoms with Crippen LogP contribution in [0.4, 0.5) is 0 Å². The molecule has 1 heterocycles. The molecule has 1 amide bonds. The van der Waals surface area contributed by atoms with E-state index in [0.717, 1.165) is 11.1 Å². The molecule has 0 atom stereocenters. The van der Waals surface area contributed by atoms with Gasteiger partial charge in [0.05, 0.1) is 10.5 Å². The molecule has 0 spiro atoms. The third kappa shape index (κ3) is 3.59. The second-order valence-corrected chi connectivity index (χ2v) is 8.46. The summed E-state index contributed by atoms with van der Waals surface area (Å²) in [7, 11) is -3.76. The lowest BCUT2D eigenvalue weighted by Crippen LogP contribution is -2.50. The van der Waals surface area contributed by atoms with Gasteiger partial charge in [-0.05, 0) is 43.2 Å². The number of aryl methyl sites for hydroxylation is 1. The highest BCUT2D eigenvalue weighted by Gasteiger charge is 2.32. The number of piperazine rings is 1. The van der Waals surface area contributed by atoms with E-state index in [0.29, 0.717) is 18.7 Å². The smallest absolute Gasteiger partial charge is 0.254 e. The molecule has 2 aromatic rings. The van der Waals surface area contributed by atoms with E-state index in [1.165, 1.54) is 16.4 Å². The molecule has 0 N–H and O–H groups in total. The standard InChI is InChI=1S/C20H21N3O3S/c1-15-6-5-8-18(16(15)2)20(24)22-10-12-23(13-11-22)27(25,26)19-9-4-3-7-17(19)14-21/h3-9H,10-13H2,1-2H3. The summed E-state index contributed by atoms with van der Waals surface area (Å²) in [4.78, 5) is 14.5. The Kier molecular flexibility index (Phi) is 5.31. The van der Waals surface area contributed by atoms with E-state index >= 15 is 0 Å². The minimum atomic E-state index is -3.76. The predicted octanol–water partition coefficient (Wildman–Crippen LogP) is 2.32. The van der Waals surface area contributed by atoms with E-state index in [9.17, 15) is 18.5 Å². The van der Waals surface area contributed by atoms with E-state index in [-0.39, 0.29) is 29.5 Å². The number of amides is 1. The van der Waals surface area contributed by atoms with Crippen molar-refractivity contribution in [3.8, 4) is 6.07 Å². The summed E-state index contributed by atoms with van der Waals surface area (Å²) in [6.45, 7) is 4.93. The van der Waals surface area contributed by atoms with Crippen molar-refractivity contribution in [2.75, 3.05) is 26.2 Å². The average Bonchev–Trinajstić information content (AvgIpc) is 2.69. The second-order valence-electron chi connectivity index (χ2n) is 6.55. The highest BCUT2D eigenvalue weighted by molar-refractivity contribution is 7.89. The largest absolute Gasteiger partial charge is 0.336 e. The molecule has 0 bridgehead atoms. The third-order valence-electron chi connectivity index (χ3n) is 4.99. The summed E-state index contributed by atoms with van der Waals surface area (Å²) in [6, 6.07) is 13.7. The number of benzene rings is 2. The van der Waals surface area contributed by atoms with Gasteiger partial charge < -0.3 is 4.90 Å². The van der Waals surface area contributed by atoms with Crippen LogP contribution in [0, 0.1) is 25.2 Å². The average molecular weight is 383 g/mol. The molecule has 0 aliphatic carbocycles. The van der Waals surface area contributed by atoms with Crippen LogP contribution in [0.1, 0.15) is 27.0 Å². The van der Waals surface area contributed by atoms with Crippen LogP contribution < -0.4 is 0 Å². The van der Waals surface area contributed by atoms with Crippen molar-refractivity contribution in [2.45, 2.75) is 18.7 Å². The Labute approximate surface area is 159 Å². The molecule has 140 valence electrons. The number of carbonyl (C=O) groups excluding carboxylic acids is 1. The molecule has 0 saturated carbocycles. The van der Waals surface area contributed by atoms with Gasteiger partial charge in [0.25, 0.3) is 5.91 Å². The Balaban J connectivity index is 1.76. The SMILES string of the molecule is Cc1cccc(C(=O)N2CCN(S(=O)(=O)c3ccccc3C#N)CC2)c1C. The third-order valence-corrected chi connectivity index (χ3v) is 6.94. The summed E-state index contributed by atoms with van der Waals surface area (Å²) in [5, 5.41) is 9.18. The molecular weight excluding hydrogens is 362 g/mol. The Morgan fingerprint density at radius 1 is 1.00 bits per heavy atom. The van der Waals surface area contributed by atoms with E-state index < -0.39 is 10.0 Å². The number of nitriles is 1. The molecule has 3 rings (SSSR count). The van der Waals surface area contributed by atoms with Gasteiger partial charge in [-0.2, -0.15) is 9.57 Å². The normalized spacial score (nSPS) is 15.4. The highest BCUT2D eigenvalue weighted by Crippen LogP contribution is 2.22. The summed E-state index contributed by atoms with van der Waals surface area (Å²) < 4.78 is 27.1.